The maximum Gasteiger partial charge on any atom is 0.137 e. The molecule has 6 nitrogen and oxygen atoms in total. The maximum absolute atomic E-state index is 6.80. The van der Waals surface area contributed by atoms with Gasteiger partial charge in [0.1, 0.15) is 5.82 Å². The van der Waals surface area contributed by atoms with Crippen molar-refractivity contribution in [3.8, 4) is 34.1 Å². The van der Waals surface area contributed by atoms with Gasteiger partial charge in [-0.2, -0.15) is 12.7 Å². The third-order valence-corrected chi connectivity index (χ3v) is 11.7. The molecule has 0 spiro atoms. The van der Waals surface area contributed by atoms with Gasteiger partial charge in [0.25, 0.3) is 0 Å². The first-order chi connectivity index (χ1) is 29.8. The van der Waals surface area contributed by atoms with Gasteiger partial charge in [0, 0.05) is 72.5 Å². The van der Waals surface area contributed by atoms with Crippen LogP contribution in [0.4, 0.5) is 5.69 Å². The standard InChI is InChI=1S/C55H42N5O.Pt/c1-55(2,3)40-29-42(58-35-53(57(4)36-58)38-18-10-6-11-19-38)31-44(30-40)61-43-25-26-46-47-28-39(37-16-8-5-9-17-37)24-27-50(47)60(51(46)32-43)54-33-52-48(34-56-54)45-22-14-15-23-49(45)59(52)41-20-12-7-13-21-41;/h5-30,33-36H,1-4H3;/q-3;. The summed E-state index contributed by atoms with van der Waals surface area (Å²) >= 11 is 0. The van der Waals surface area contributed by atoms with Gasteiger partial charge in [0.2, 0.25) is 0 Å². The number of nitrogens with zero attached hydrogens (tertiary/aromatic N) is 5. The molecule has 62 heavy (non-hydrogen) atoms. The van der Waals surface area contributed by atoms with Gasteiger partial charge in [-0.1, -0.05) is 135 Å². The van der Waals surface area contributed by atoms with Gasteiger partial charge in [-0.05, 0) is 65.0 Å². The minimum Gasteiger partial charge on any atom is -0.509 e. The number of para-hydroxylation sites is 2. The van der Waals surface area contributed by atoms with Crippen LogP contribution in [0, 0.1) is 18.8 Å². The molecule has 0 radical (unpaired) electrons. The summed E-state index contributed by atoms with van der Waals surface area (Å²) in [6.07, 6.45) is 4.17. The maximum atomic E-state index is 6.80. The molecule has 3 aromatic heterocycles. The number of ether oxygens (including phenoxy) is 1. The van der Waals surface area contributed by atoms with Crippen LogP contribution in [-0.2, 0) is 26.5 Å². The fourth-order valence-electron chi connectivity index (χ4n) is 8.66. The van der Waals surface area contributed by atoms with Crippen LogP contribution in [0.15, 0.2) is 176 Å². The first-order valence-electron chi connectivity index (χ1n) is 20.7. The van der Waals surface area contributed by atoms with Gasteiger partial charge in [-0.3, -0.25) is 0 Å². The van der Waals surface area contributed by atoms with E-state index in [0.717, 1.165) is 83.2 Å². The van der Waals surface area contributed by atoms with Gasteiger partial charge in [-0.15, -0.1) is 47.0 Å². The number of hydrogen-bond donors (Lipinski definition) is 0. The molecular formula is C55H42N5OPt-3. The Labute approximate surface area is 376 Å². The summed E-state index contributed by atoms with van der Waals surface area (Å²) in [6, 6.07) is 64.8. The van der Waals surface area contributed by atoms with Crippen LogP contribution in [0.3, 0.4) is 0 Å². The molecule has 0 aliphatic carbocycles. The monoisotopic (exact) mass is 983 g/mol. The van der Waals surface area contributed by atoms with Crippen LogP contribution in [0.1, 0.15) is 31.9 Å². The van der Waals surface area contributed by atoms with Crippen molar-refractivity contribution in [2.24, 2.45) is 0 Å². The average molecular weight is 984 g/mol. The number of benzene rings is 7. The van der Waals surface area contributed by atoms with Crippen LogP contribution in [0.2, 0.25) is 0 Å². The Hall–Kier alpha value is -6.88. The predicted molar refractivity (Wildman–Crippen MR) is 250 cm³/mol. The molecule has 0 amide bonds. The summed E-state index contributed by atoms with van der Waals surface area (Å²) in [6.45, 7) is 8.76. The Morgan fingerprint density at radius 3 is 2.02 bits per heavy atom. The molecule has 0 N–H and O–H groups in total. The van der Waals surface area contributed by atoms with E-state index in [2.05, 4.69) is 223 Å². The van der Waals surface area contributed by atoms with E-state index in [1.54, 1.807) is 0 Å². The van der Waals surface area contributed by atoms with E-state index in [4.69, 9.17) is 9.72 Å². The third kappa shape index (κ3) is 6.85. The minimum absolute atomic E-state index is 0. The number of fused-ring (bicyclic) bond motifs is 6. The first-order valence-corrected chi connectivity index (χ1v) is 20.7. The predicted octanol–water partition coefficient (Wildman–Crippen LogP) is 13.5. The van der Waals surface area contributed by atoms with E-state index in [-0.39, 0.29) is 26.5 Å². The SMILES string of the molecule is CN1[CH-]N(c2[c-]c(Oc3[c-]c4c(cc3)c3cc(-c5ccccc5)ccc3n4-c3cc4c(cn3)c3ccccc3n4-c3ccccc3)cc(C(C)(C)C)c2)C=C1c1ccccc1.[Pt]. The van der Waals surface area contributed by atoms with E-state index >= 15 is 0 Å². The zero-order valence-corrected chi connectivity index (χ0v) is 37.1. The van der Waals surface area contributed by atoms with Crippen LogP contribution >= 0.6 is 0 Å². The Morgan fingerprint density at radius 2 is 1.26 bits per heavy atom. The Morgan fingerprint density at radius 1 is 0.565 bits per heavy atom. The molecule has 1 aliphatic heterocycles. The van der Waals surface area contributed by atoms with E-state index in [9.17, 15) is 0 Å². The molecular weight excluding hydrogens is 942 g/mol. The molecule has 306 valence electrons. The van der Waals surface area contributed by atoms with Crippen molar-refractivity contribution in [3.63, 3.8) is 0 Å². The number of pyridine rings is 1. The molecule has 0 saturated heterocycles. The number of aromatic nitrogens is 3. The molecule has 0 unspecified atom stereocenters. The van der Waals surface area contributed by atoms with E-state index in [1.165, 1.54) is 5.56 Å². The summed E-state index contributed by atoms with van der Waals surface area (Å²) in [7, 11) is 2.07. The number of hydrogen-bond acceptors (Lipinski definition) is 4. The van der Waals surface area contributed by atoms with Gasteiger partial charge in [-0.25, -0.2) is 4.98 Å². The zero-order chi connectivity index (χ0) is 41.2. The summed E-state index contributed by atoms with van der Waals surface area (Å²) in [5.74, 6) is 2.01. The van der Waals surface area contributed by atoms with Gasteiger partial charge in [0.15, 0.2) is 0 Å². The second-order valence-corrected chi connectivity index (χ2v) is 16.8. The first kappa shape index (κ1) is 39.3. The summed E-state index contributed by atoms with van der Waals surface area (Å²) < 4.78 is 11.4. The van der Waals surface area contributed by atoms with E-state index in [1.807, 2.05) is 18.3 Å². The molecule has 0 bridgehead atoms. The van der Waals surface area contributed by atoms with Gasteiger partial charge >= 0.3 is 0 Å². The fraction of sp³-hybridized carbons (Fsp3) is 0.0909. The summed E-state index contributed by atoms with van der Waals surface area (Å²) in [5, 5.41) is 4.44. The Balaban J connectivity index is 0.00000458. The van der Waals surface area contributed by atoms with Crippen LogP contribution < -0.4 is 9.64 Å². The smallest absolute Gasteiger partial charge is 0.137 e. The largest absolute Gasteiger partial charge is 0.509 e. The molecule has 0 atom stereocenters. The van der Waals surface area contributed by atoms with Crippen LogP contribution in [-0.4, -0.2) is 26.1 Å². The average Bonchev–Trinajstić information content (AvgIpc) is 3.95. The quantitative estimate of drug-likeness (QED) is 0.149. The van der Waals surface area contributed by atoms with Crippen molar-refractivity contribution in [3.05, 3.63) is 206 Å². The molecule has 1 aliphatic rings. The number of rotatable bonds is 7. The molecule has 0 fully saturated rings. The Bertz CT molecular complexity index is 3310. The van der Waals surface area contributed by atoms with Crippen molar-refractivity contribution >= 4 is 55.0 Å². The fourth-order valence-corrected chi connectivity index (χ4v) is 8.66. The van der Waals surface area contributed by atoms with Crippen molar-refractivity contribution in [1.29, 1.82) is 0 Å². The topological polar surface area (TPSA) is 38.5 Å². The van der Waals surface area contributed by atoms with Crippen LogP contribution in [0.5, 0.6) is 11.5 Å². The van der Waals surface area contributed by atoms with Crippen molar-refractivity contribution in [2.75, 3.05) is 11.9 Å². The Kier molecular flexibility index (Phi) is 9.84. The molecule has 7 aromatic carbocycles. The molecule has 7 heteroatoms. The summed E-state index contributed by atoms with van der Waals surface area (Å²) in [4.78, 5) is 9.46. The van der Waals surface area contributed by atoms with E-state index < -0.39 is 0 Å². The minimum atomic E-state index is -0.136. The molecule has 11 rings (SSSR count). The third-order valence-electron chi connectivity index (χ3n) is 11.7. The van der Waals surface area contributed by atoms with E-state index in [0.29, 0.717) is 11.5 Å². The normalized spacial score (nSPS) is 13.0. The summed E-state index contributed by atoms with van der Waals surface area (Å²) in [5.41, 5.74) is 11.7. The van der Waals surface area contributed by atoms with Gasteiger partial charge in [0.05, 0.1) is 11.0 Å². The molecule has 0 saturated carbocycles. The molecule has 10 aromatic rings. The second kappa shape index (κ2) is 15.5. The van der Waals surface area contributed by atoms with Crippen molar-refractivity contribution in [1.82, 2.24) is 19.0 Å². The number of anilines is 1. The van der Waals surface area contributed by atoms with Gasteiger partial charge < -0.3 is 23.7 Å². The van der Waals surface area contributed by atoms with Crippen LogP contribution in [0.25, 0.3) is 71.9 Å². The second-order valence-electron chi connectivity index (χ2n) is 16.8. The van der Waals surface area contributed by atoms with Crippen molar-refractivity contribution < 1.29 is 25.8 Å². The molecule has 4 heterocycles. The van der Waals surface area contributed by atoms with Crippen molar-refractivity contribution in [2.45, 2.75) is 26.2 Å². The zero-order valence-electron chi connectivity index (χ0n) is 34.8.